The molecule has 4 atom stereocenters. The molecular weight excluding hydrogens is 502 g/mol. The van der Waals surface area contributed by atoms with E-state index in [1.54, 1.807) is 6.20 Å². The first-order valence-electron chi connectivity index (χ1n) is 13.2. The molecule has 0 aliphatic rings. The summed E-state index contributed by atoms with van der Waals surface area (Å²) in [6, 6.07) is 5.01. The van der Waals surface area contributed by atoms with Crippen molar-refractivity contribution in [2.75, 3.05) is 6.54 Å². The molecule has 0 aliphatic heterocycles. The molecule has 0 aliphatic carbocycles. The number of nitrogens with two attached hydrogens (primary N) is 2. The molecule has 0 saturated carbocycles. The number of hydrogen-bond donors (Lipinski definition) is 7. The maximum Gasteiger partial charge on any atom is 0.326 e. The lowest BCUT2D eigenvalue weighted by Crippen LogP contribution is -2.58. The fourth-order valence-corrected chi connectivity index (χ4v) is 4.06. The van der Waals surface area contributed by atoms with Gasteiger partial charge in [-0.15, -0.1) is 0 Å². The van der Waals surface area contributed by atoms with Gasteiger partial charge in [-0.1, -0.05) is 44.2 Å². The molecule has 39 heavy (non-hydrogen) atoms. The van der Waals surface area contributed by atoms with Crippen LogP contribution in [-0.4, -0.2) is 69.5 Å². The summed E-state index contributed by atoms with van der Waals surface area (Å²) >= 11 is 0. The van der Waals surface area contributed by atoms with Gasteiger partial charge >= 0.3 is 5.97 Å². The number of nitrogens with zero attached hydrogens (tertiary/aromatic N) is 1. The zero-order valence-corrected chi connectivity index (χ0v) is 22.6. The van der Waals surface area contributed by atoms with Gasteiger partial charge in [-0.25, -0.2) is 9.78 Å². The van der Waals surface area contributed by atoms with E-state index in [1.165, 1.54) is 6.33 Å². The number of unbranched alkanes of at least 4 members (excludes halogenated alkanes) is 1. The van der Waals surface area contributed by atoms with Crippen molar-refractivity contribution in [3.8, 4) is 0 Å². The van der Waals surface area contributed by atoms with E-state index in [4.69, 9.17) is 11.5 Å². The standard InChI is InChI=1S/C27H41N7O5/c1-17(2)12-22(33-24(35)20(29)14-19-15-30-16-31-19)25(36)34-23(13-18-8-4-3-5-9-18)26(37)32-21(27(38)39)10-6-7-11-28/h3-5,8-9,15-17,20-23H,6-7,10-14,28-29H2,1-2H3,(H,30,31)(H,32,37)(H,33,35)(H,34,36)(H,38,39). The lowest BCUT2D eigenvalue weighted by atomic mass is 10.00. The zero-order chi connectivity index (χ0) is 28.8. The van der Waals surface area contributed by atoms with Gasteiger partial charge < -0.3 is 37.5 Å². The van der Waals surface area contributed by atoms with Crippen LogP contribution >= 0.6 is 0 Å². The summed E-state index contributed by atoms with van der Waals surface area (Å²) in [4.78, 5) is 58.0. The van der Waals surface area contributed by atoms with Crippen molar-refractivity contribution >= 4 is 23.7 Å². The van der Waals surface area contributed by atoms with Crippen molar-refractivity contribution in [3.05, 3.63) is 54.1 Å². The van der Waals surface area contributed by atoms with Crippen LogP contribution in [0.1, 0.15) is 50.8 Å². The Morgan fingerprint density at radius 3 is 2.15 bits per heavy atom. The quantitative estimate of drug-likeness (QED) is 0.137. The Morgan fingerprint density at radius 1 is 0.923 bits per heavy atom. The molecule has 9 N–H and O–H groups in total. The highest BCUT2D eigenvalue weighted by Gasteiger charge is 2.31. The third-order valence-electron chi connectivity index (χ3n) is 6.15. The number of imidazole rings is 1. The van der Waals surface area contributed by atoms with Crippen LogP contribution in [0.5, 0.6) is 0 Å². The zero-order valence-electron chi connectivity index (χ0n) is 22.6. The van der Waals surface area contributed by atoms with Crippen molar-refractivity contribution in [1.29, 1.82) is 0 Å². The number of amides is 3. The molecule has 2 rings (SSSR count). The van der Waals surface area contributed by atoms with Gasteiger partial charge in [0, 0.05) is 24.7 Å². The summed E-state index contributed by atoms with van der Waals surface area (Å²) in [7, 11) is 0. The number of carbonyl (C=O) groups excluding carboxylic acids is 3. The van der Waals surface area contributed by atoms with Crippen molar-refractivity contribution in [1.82, 2.24) is 25.9 Å². The first-order valence-corrected chi connectivity index (χ1v) is 13.2. The lowest BCUT2D eigenvalue weighted by molar-refractivity contribution is -0.142. The van der Waals surface area contributed by atoms with Crippen molar-refractivity contribution < 1.29 is 24.3 Å². The van der Waals surface area contributed by atoms with Gasteiger partial charge in [0.25, 0.3) is 0 Å². The third-order valence-corrected chi connectivity index (χ3v) is 6.15. The maximum absolute atomic E-state index is 13.4. The summed E-state index contributed by atoms with van der Waals surface area (Å²) in [5.74, 6) is -2.82. The number of benzene rings is 1. The fraction of sp³-hybridized carbons (Fsp3) is 0.519. The number of carbonyl (C=O) groups is 4. The average molecular weight is 544 g/mol. The molecule has 2 aromatic rings. The van der Waals surface area contributed by atoms with Gasteiger partial charge in [0.05, 0.1) is 12.4 Å². The highest BCUT2D eigenvalue weighted by Crippen LogP contribution is 2.10. The van der Waals surface area contributed by atoms with Crippen LogP contribution in [0.3, 0.4) is 0 Å². The Morgan fingerprint density at radius 2 is 1.56 bits per heavy atom. The second-order valence-electron chi connectivity index (χ2n) is 10.0. The van der Waals surface area contributed by atoms with Gasteiger partial charge in [0.1, 0.15) is 18.1 Å². The maximum atomic E-state index is 13.4. The van der Waals surface area contributed by atoms with Crippen LogP contribution in [-0.2, 0) is 32.0 Å². The minimum absolute atomic E-state index is 0.0465. The largest absolute Gasteiger partial charge is 0.480 e. The Kier molecular flexibility index (Phi) is 13.1. The molecule has 1 heterocycles. The van der Waals surface area contributed by atoms with Gasteiger partial charge in [0.15, 0.2) is 0 Å². The molecule has 0 radical (unpaired) electrons. The minimum Gasteiger partial charge on any atom is -0.480 e. The second kappa shape index (κ2) is 16.2. The average Bonchev–Trinajstić information content (AvgIpc) is 3.40. The third kappa shape index (κ3) is 11.2. The Bertz CT molecular complexity index is 1050. The second-order valence-corrected chi connectivity index (χ2v) is 10.0. The predicted octanol–water partition coefficient (Wildman–Crippen LogP) is 0.236. The van der Waals surface area contributed by atoms with E-state index < -0.39 is 47.9 Å². The van der Waals surface area contributed by atoms with Crippen LogP contribution in [0.25, 0.3) is 0 Å². The highest BCUT2D eigenvalue weighted by atomic mass is 16.4. The molecule has 0 fully saturated rings. The predicted molar refractivity (Wildman–Crippen MR) is 146 cm³/mol. The molecule has 12 nitrogen and oxygen atoms in total. The summed E-state index contributed by atoms with van der Waals surface area (Å²) in [6.07, 6.45) is 5.08. The van der Waals surface area contributed by atoms with Crippen LogP contribution in [0.4, 0.5) is 0 Å². The Balaban J connectivity index is 2.17. The van der Waals surface area contributed by atoms with Gasteiger partial charge in [-0.2, -0.15) is 0 Å². The van der Waals surface area contributed by atoms with E-state index in [-0.39, 0.29) is 25.2 Å². The smallest absolute Gasteiger partial charge is 0.326 e. The Hall–Kier alpha value is -3.77. The molecule has 3 amide bonds. The van der Waals surface area contributed by atoms with Crippen molar-refractivity contribution in [3.63, 3.8) is 0 Å². The number of carboxylic acids is 1. The molecule has 214 valence electrons. The number of aromatic amines is 1. The van der Waals surface area contributed by atoms with Gasteiger partial charge in [-0.05, 0) is 43.7 Å². The number of H-pyrrole nitrogens is 1. The Labute approximate surface area is 228 Å². The molecular formula is C27H41N7O5. The summed E-state index contributed by atoms with van der Waals surface area (Å²) in [5, 5.41) is 17.6. The monoisotopic (exact) mass is 543 g/mol. The summed E-state index contributed by atoms with van der Waals surface area (Å²) in [5.41, 5.74) is 13.0. The number of aliphatic carboxylic acids is 1. The molecule has 0 bridgehead atoms. The van der Waals surface area contributed by atoms with Crippen LogP contribution in [0.15, 0.2) is 42.9 Å². The number of aromatic nitrogens is 2. The number of rotatable bonds is 17. The van der Waals surface area contributed by atoms with E-state index in [2.05, 4.69) is 25.9 Å². The number of nitrogens with one attached hydrogen (secondary N) is 4. The molecule has 1 aromatic heterocycles. The normalized spacial score (nSPS) is 14.2. The topological polar surface area (TPSA) is 205 Å². The lowest BCUT2D eigenvalue weighted by Gasteiger charge is -2.26. The SMILES string of the molecule is CC(C)CC(NC(=O)C(N)Cc1cnc[nH]1)C(=O)NC(Cc1ccccc1)C(=O)NC(CCCCN)C(=O)O. The van der Waals surface area contributed by atoms with E-state index in [1.807, 2.05) is 44.2 Å². The van der Waals surface area contributed by atoms with Gasteiger partial charge in [-0.3, -0.25) is 14.4 Å². The van der Waals surface area contributed by atoms with Crippen LogP contribution < -0.4 is 27.4 Å². The minimum atomic E-state index is -1.17. The molecule has 4 unspecified atom stereocenters. The number of hydrogen-bond acceptors (Lipinski definition) is 7. The first-order chi connectivity index (χ1) is 18.6. The summed E-state index contributed by atoms with van der Waals surface area (Å²) in [6.45, 7) is 4.23. The van der Waals surface area contributed by atoms with E-state index in [0.29, 0.717) is 31.5 Å². The van der Waals surface area contributed by atoms with E-state index in [0.717, 1.165) is 5.56 Å². The van der Waals surface area contributed by atoms with Gasteiger partial charge in [0.2, 0.25) is 17.7 Å². The molecule has 12 heteroatoms. The number of carboxylic acid groups (broad SMARTS) is 1. The van der Waals surface area contributed by atoms with Crippen LogP contribution in [0, 0.1) is 5.92 Å². The van der Waals surface area contributed by atoms with E-state index in [9.17, 15) is 24.3 Å². The van der Waals surface area contributed by atoms with Crippen LogP contribution in [0.2, 0.25) is 0 Å². The molecule has 0 saturated heterocycles. The highest BCUT2D eigenvalue weighted by molar-refractivity contribution is 5.94. The fourth-order valence-electron chi connectivity index (χ4n) is 4.06. The van der Waals surface area contributed by atoms with Crippen molar-refractivity contribution in [2.45, 2.75) is 76.5 Å². The summed E-state index contributed by atoms with van der Waals surface area (Å²) < 4.78 is 0. The van der Waals surface area contributed by atoms with Crippen molar-refractivity contribution in [2.24, 2.45) is 17.4 Å². The van der Waals surface area contributed by atoms with E-state index >= 15 is 0 Å². The first kappa shape index (κ1) is 31.4. The molecule has 1 aromatic carbocycles. The molecule has 0 spiro atoms.